The van der Waals surface area contributed by atoms with Gasteiger partial charge < -0.3 is 9.80 Å². The second-order valence-corrected chi connectivity index (χ2v) is 17.3. The summed E-state index contributed by atoms with van der Waals surface area (Å²) >= 11 is 0. The Bertz CT molecular complexity index is 2440. The fraction of sp³-hybridized carbons (Fsp3) is 0.442. The van der Waals surface area contributed by atoms with E-state index in [1.807, 2.05) is 14.7 Å². The number of carbonyl (C=O) groups is 5. The van der Waals surface area contributed by atoms with E-state index < -0.39 is 66.4 Å². The molecule has 13 nitrogen and oxygen atoms in total. The normalized spacial score (nSPS) is 24.0. The van der Waals surface area contributed by atoms with Crippen molar-refractivity contribution in [3.8, 4) is 0 Å². The van der Waals surface area contributed by atoms with Gasteiger partial charge in [-0.1, -0.05) is 6.07 Å². The number of aromatic amines is 1. The number of alkyl halides is 2. The maximum absolute atomic E-state index is 16.3. The summed E-state index contributed by atoms with van der Waals surface area (Å²) in [5.41, 5.74) is 4.32. The Hall–Kier alpha value is -5.68. The zero-order valence-electron chi connectivity index (χ0n) is 32.8. The van der Waals surface area contributed by atoms with Gasteiger partial charge >= 0.3 is 0 Å². The number of piperidine rings is 2. The van der Waals surface area contributed by atoms with Gasteiger partial charge in [0.1, 0.15) is 17.7 Å². The van der Waals surface area contributed by atoms with Crippen molar-refractivity contribution >= 4 is 46.1 Å². The molecule has 4 aromatic rings. The van der Waals surface area contributed by atoms with E-state index in [4.69, 9.17) is 0 Å². The third kappa shape index (κ3) is 6.26. The quantitative estimate of drug-likeness (QED) is 0.206. The first-order valence-electron chi connectivity index (χ1n) is 20.4. The summed E-state index contributed by atoms with van der Waals surface area (Å²) < 4.78 is 60.3. The average molecular weight is 827 g/mol. The molecular formula is C43H42F4N8O5. The lowest BCUT2D eigenvalue weighted by molar-refractivity contribution is -0.146. The van der Waals surface area contributed by atoms with E-state index in [1.54, 1.807) is 37.4 Å². The number of aromatic nitrogens is 2. The number of halogens is 4. The first kappa shape index (κ1) is 38.5. The monoisotopic (exact) mass is 826 g/mol. The first-order valence-corrected chi connectivity index (χ1v) is 20.4. The van der Waals surface area contributed by atoms with Crippen LogP contribution in [0.3, 0.4) is 0 Å². The summed E-state index contributed by atoms with van der Waals surface area (Å²) in [5.74, 6) is -3.85. The van der Waals surface area contributed by atoms with Crippen molar-refractivity contribution in [3.05, 3.63) is 93.2 Å². The number of benzene rings is 3. The van der Waals surface area contributed by atoms with Crippen LogP contribution in [0.2, 0.25) is 0 Å². The minimum absolute atomic E-state index is 0.0349. The molecular weight excluding hydrogens is 785 g/mol. The van der Waals surface area contributed by atoms with E-state index in [0.717, 1.165) is 45.3 Å². The number of imide groups is 2. The number of rotatable bonds is 7. The van der Waals surface area contributed by atoms with Crippen LogP contribution in [0.5, 0.6) is 0 Å². The Balaban J connectivity index is 0.767. The lowest BCUT2D eigenvalue weighted by Crippen LogP contribution is -2.63. The summed E-state index contributed by atoms with van der Waals surface area (Å²) in [6.45, 7) is 4.36. The van der Waals surface area contributed by atoms with Crippen LogP contribution in [0, 0.1) is 17.0 Å². The Morgan fingerprint density at radius 1 is 0.950 bits per heavy atom. The number of nitrogens with one attached hydrogen (secondary N) is 2. The number of likely N-dealkylation sites (tertiary alicyclic amines) is 1. The smallest absolute Gasteiger partial charge is 0.262 e. The van der Waals surface area contributed by atoms with Gasteiger partial charge in [-0.3, -0.25) is 49.1 Å². The standard InChI is InChI=1S/C43H42F4N8O5/c1-22-10-27-26(2-3-33-30(27)15-48-50-33)39(54(22)18-35(46)47)38-31(44)13-25(14-32(38)45)52-8-6-43(7-9-52)20-53(21-43)37(57)19-51-16-23-11-28-29(12-24(23)17-51)42(60)55(41(28)59)34-4-5-36(56)49-40(34)58/h2-3,11-15,22,34-35,39H,4-10,16-21H2,1H3,(H,48,50)(H,49,56,58)/t22-,34?,39+/m1/s1. The van der Waals surface area contributed by atoms with Crippen LogP contribution in [0.15, 0.2) is 42.6 Å². The van der Waals surface area contributed by atoms with E-state index >= 15 is 8.78 Å². The molecule has 6 aliphatic rings. The van der Waals surface area contributed by atoms with E-state index in [1.165, 1.54) is 17.0 Å². The Morgan fingerprint density at radius 3 is 2.25 bits per heavy atom. The molecule has 1 unspecified atom stereocenters. The fourth-order valence-corrected chi connectivity index (χ4v) is 10.5. The van der Waals surface area contributed by atoms with Gasteiger partial charge in [-0.2, -0.15) is 5.10 Å². The highest BCUT2D eigenvalue weighted by molar-refractivity contribution is 6.23. The predicted octanol–water partition coefficient (Wildman–Crippen LogP) is 4.29. The zero-order valence-corrected chi connectivity index (χ0v) is 32.8. The van der Waals surface area contributed by atoms with Gasteiger partial charge in [-0.15, -0.1) is 0 Å². The number of nitrogens with zero attached hydrogens (tertiary/aromatic N) is 6. The van der Waals surface area contributed by atoms with Crippen molar-refractivity contribution in [1.82, 2.24) is 35.1 Å². The molecule has 312 valence electrons. The number of fused-ring (bicyclic) bond motifs is 5. The molecule has 3 atom stereocenters. The average Bonchev–Trinajstić information content (AvgIpc) is 3.90. The molecule has 17 heteroatoms. The molecule has 10 rings (SSSR count). The molecule has 0 bridgehead atoms. The molecule has 0 saturated carbocycles. The molecule has 3 saturated heterocycles. The third-order valence-electron chi connectivity index (χ3n) is 13.7. The largest absolute Gasteiger partial charge is 0.371 e. The highest BCUT2D eigenvalue weighted by Gasteiger charge is 2.48. The van der Waals surface area contributed by atoms with Crippen LogP contribution in [0.25, 0.3) is 10.9 Å². The SMILES string of the molecule is C[C@@H]1Cc2c(ccc3[nH]ncc23)[C@@H](c2c(F)cc(N3CCC4(CC3)CN(C(=O)CN3Cc5cc6c(cc5C3)C(=O)N(C3CCC(=O)NC3=O)C6=O)C4)cc2F)N1CC(F)F. The molecule has 0 radical (unpaired) electrons. The van der Waals surface area contributed by atoms with Gasteiger partial charge in [0.05, 0.1) is 42.0 Å². The second kappa shape index (κ2) is 14.2. The maximum Gasteiger partial charge on any atom is 0.262 e. The summed E-state index contributed by atoms with van der Waals surface area (Å²) in [6, 6.07) is 6.99. The van der Waals surface area contributed by atoms with Crippen molar-refractivity contribution in [3.63, 3.8) is 0 Å². The van der Waals surface area contributed by atoms with Crippen LogP contribution >= 0.6 is 0 Å². The number of anilines is 1. The van der Waals surface area contributed by atoms with Crippen LogP contribution in [-0.2, 0) is 33.9 Å². The lowest BCUT2D eigenvalue weighted by Gasteiger charge is -2.54. The Labute approximate surface area is 341 Å². The third-order valence-corrected chi connectivity index (χ3v) is 13.7. The fourth-order valence-electron chi connectivity index (χ4n) is 10.5. The predicted molar refractivity (Wildman–Crippen MR) is 208 cm³/mol. The lowest BCUT2D eigenvalue weighted by atomic mass is 9.72. The van der Waals surface area contributed by atoms with Crippen molar-refractivity contribution in [2.45, 2.75) is 76.7 Å². The van der Waals surface area contributed by atoms with Crippen molar-refractivity contribution in [2.75, 3.05) is 44.2 Å². The molecule has 60 heavy (non-hydrogen) atoms. The minimum Gasteiger partial charge on any atom is -0.371 e. The second-order valence-electron chi connectivity index (χ2n) is 17.3. The molecule has 5 amide bonds. The summed E-state index contributed by atoms with van der Waals surface area (Å²) in [7, 11) is 0. The zero-order chi connectivity index (χ0) is 41.8. The molecule has 1 aromatic heterocycles. The Kier molecular flexibility index (Phi) is 9.13. The highest BCUT2D eigenvalue weighted by atomic mass is 19.3. The van der Waals surface area contributed by atoms with Crippen LogP contribution in [0.4, 0.5) is 23.2 Å². The summed E-state index contributed by atoms with van der Waals surface area (Å²) in [5, 5.41) is 10.0. The molecule has 1 spiro atoms. The number of amides is 5. The molecule has 2 N–H and O–H groups in total. The van der Waals surface area contributed by atoms with E-state index in [9.17, 15) is 32.8 Å². The minimum atomic E-state index is -2.69. The number of carbonyl (C=O) groups excluding carboxylic acids is 5. The van der Waals surface area contributed by atoms with Gasteiger partial charge in [-0.05, 0) is 85.2 Å². The van der Waals surface area contributed by atoms with Crippen LogP contribution in [0.1, 0.15) is 87.2 Å². The summed E-state index contributed by atoms with van der Waals surface area (Å²) in [6.07, 6.45) is 0.961. The summed E-state index contributed by atoms with van der Waals surface area (Å²) in [4.78, 5) is 72.3. The van der Waals surface area contributed by atoms with Gasteiger partial charge in [0.15, 0.2) is 0 Å². The first-order chi connectivity index (χ1) is 28.8. The van der Waals surface area contributed by atoms with E-state index in [0.29, 0.717) is 56.9 Å². The van der Waals surface area contributed by atoms with Gasteiger partial charge in [0.2, 0.25) is 17.7 Å². The van der Waals surface area contributed by atoms with E-state index in [2.05, 4.69) is 15.5 Å². The molecule has 3 fully saturated rings. The molecule has 3 aromatic carbocycles. The van der Waals surface area contributed by atoms with Crippen molar-refractivity contribution in [1.29, 1.82) is 0 Å². The van der Waals surface area contributed by atoms with Gasteiger partial charge in [0.25, 0.3) is 18.2 Å². The topological polar surface area (TPSA) is 142 Å². The number of H-pyrrole nitrogens is 1. The number of hydrogen-bond acceptors (Lipinski definition) is 9. The Morgan fingerprint density at radius 2 is 1.62 bits per heavy atom. The van der Waals surface area contributed by atoms with Gasteiger partial charge in [0, 0.05) is 73.8 Å². The maximum atomic E-state index is 16.3. The van der Waals surface area contributed by atoms with Crippen LogP contribution in [-0.4, -0.2) is 117 Å². The van der Waals surface area contributed by atoms with Crippen LogP contribution < -0.4 is 10.2 Å². The van der Waals surface area contributed by atoms with E-state index in [-0.39, 0.29) is 47.4 Å². The molecule has 6 aliphatic heterocycles. The van der Waals surface area contributed by atoms with Gasteiger partial charge in [-0.25, -0.2) is 17.6 Å². The molecule has 0 aliphatic carbocycles. The highest BCUT2D eigenvalue weighted by Crippen LogP contribution is 2.45. The van der Waals surface area contributed by atoms with Crippen molar-refractivity contribution < 1.29 is 41.5 Å². The van der Waals surface area contributed by atoms with Crippen molar-refractivity contribution in [2.24, 2.45) is 5.41 Å². The molecule has 7 heterocycles. The number of hydrogen-bond donors (Lipinski definition) is 2.